The van der Waals surface area contributed by atoms with Crippen LogP contribution in [0.15, 0.2) is 29.1 Å². The van der Waals surface area contributed by atoms with Crippen LogP contribution >= 0.6 is 0 Å². The van der Waals surface area contributed by atoms with E-state index in [0.717, 1.165) is 54.1 Å². The molecular formula is C42H55N5O10. The molecule has 0 radical (unpaired) electrons. The highest BCUT2D eigenvalue weighted by Crippen LogP contribution is 2.42. The number of carbonyl (C=O) groups is 5. The summed E-state index contributed by atoms with van der Waals surface area (Å²) in [5, 5.41) is 6.58. The summed E-state index contributed by atoms with van der Waals surface area (Å²) in [5.41, 5.74) is 8.36. The number of rotatable bonds is 19. The fraction of sp³-hybridized carbons (Fsp3) is 0.548. The molecule has 0 fully saturated rings. The predicted molar refractivity (Wildman–Crippen MR) is 211 cm³/mol. The van der Waals surface area contributed by atoms with Gasteiger partial charge in [0.2, 0.25) is 23.3 Å². The number of aromatic nitrogens is 2. The quantitative estimate of drug-likeness (QED) is 0.0893. The third kappa shape index (κ3) is 9.30. The monoisotopic (exact) mass is 789 g/mol. The molecule has 15 heteroatoms. The largest absolute Gasteiger partial charge is 0.509 e. The van der Waals surface area contributed by atoms with Crippen molar-refractivity contribution < 1.29 is 42.9 Å². The van der Waals surface area contributed by atoms with Gasteiger partial charge in [-0.2, -0.15) is 0 Å². The summed E-state index contributed by atoms with van der Waals surface area (Å²) >= 11 is 0. The zero-order valence-corrected chi connectivity index (χ0v) is 33.8. The van der Waals surface area contributed by atoms with Crippen molar-refractivity contribution in [3.05, 3.63) is 62.4 Å². The van der Waals surface area contributed by atoms with Gasteiger partial charge in [0.15, 0.2) is 0 Å². The second kappa shape index (κ2) is 18.8. The van der Waals surface area contributed by atoms with Crippen LogP contribution in [-0.4, -0.2) is 71.3 Å². The Morgan fingerprint density at radius 1 is 0.982 bits per heavy atom. The second-order valence-corrected chi connectivity index (χ2v) is 15.0. The second-order valence-electron chi connectivity index (χ2n) is 15.0. The smallest absolute Gasteiger partial charge is 0.457 e. The Balaban J connectivity index is 1.36. The van der Waals surface area contributed by atoms with E-state index >= 15 is 0 Å². The average Bonchev–Trinajstić information content (AvgIpc) is 3.55. The molecule has 57 heavy (non-hydrogen) atoms. The molecule has 4 N–H and O–H groups in total. The molecule has 4 heterocycles. The fourth-order valence-electron chi connectivity index (χ4n) is 7.53. The zero-order chi connectivity index (χ0) is 41.4. The van der Waals surface area contributed by atoms with E-state index in [0.29, 0.717) is 30.8 Å². The first-order chi connectivity index (χ1) is 27.3. The van der Waals surface area contributed by atoms with E-state index in [9.17, 15) is 28.8 Å². The minimum Gasteiger partial charge on any atom is -0.457 e. The first kappa shape index (κ1) is 42.8. The SMILES string of the molecule is CCCCCCC(NC(=O)COCC(N)=O)C(=O)NC(COC(=O)OC1(CC)C(=O)OCc2c1cc1n(c2=O)Cc2c-1nc1ccc(CC)cc1c2CC)C(C)C. The number of nitrogens with one attached hydrogen (secondary N) is 2. The maximum Gasteiger partial charge on any atom is 0.509 e. The third-order valence-electron chi connectivity index (χ3n) is 10.8. The summed E-state index contributed by atoms with van der Waals surface area (Å²) in [6, 6.07) is 6.26. The first-order valence-corrected chi connectivity index (χ1v) is 20.0. The van der Waals surface area contributed by atoms with E-state index in [1.807, 2.05) is 26.0 Å². The van der Waals surface area contributed by atoms with Crippen molar-refractivity contribution in [2.75, 3.05) is 19.8 Å². The van der Waals surface area contributed by atoms with Gasteiger partial charge in [0, 0.05) is 16.5 Å². The van der Waals surface area contributed by atoms with Crippen LogP contribution in [0, 0.1) is 5.92 Å². The van der Waals surface area contributed by atoms with Crippen molar-refractivity contribution in [1.82, 2.24) is 20.2 Å². The Bertz CT molecular complexity index is 2080. The van der Waals surface area contributed by atoms with Gasteiger partial charge < -0.3 is 39.9 Å². The summed E-state index contributed by atoms with van der Waals surface area (Å²) in [6.45, 7) is 10.3. The normalized spacial score (nSPS) is 16.6. The number of esters is 1. The van der Waals surface area contributed by atoms with Gasteiger partial charge in [0.05, 0.1) is 35.1 Å². The lowest BCUT2D eigenvalue weighted by Gasteiger charge is -2.35. The number of pyridine rings is 2. The Morgan fingerprint density at radius 2 is 1.75 bits per heavy atom. The topological polar surface area (TPSA) is 207 Å². The molecule has 1 aromatic carbocycles. The van der Waals surface area contributed by atoms with E-state index in [1.54, 1.807) is 17.6 Å². The molecule has 3 unspecified atom stereocenters. The number of carbonyl (C=O) groups excluding carboxylic acids is 5. The van der Waals surface area contributed by atoms with E-state index in [4.69, 9.17) is 29.7 Å². The standard InChI is InChI=1S/C42H55N5O10/c1-7-11-12-13-14-32(44-36(49)23-54-22-35(43)48)38(50)46-33(24(5)6)21-56-41(53)57-42(10-4)30-18-34-37-28(19-47(34)39(51)29(30)20-55-40(42)52)26(9-3)27-17-25(8-2)15-16-31(27)45-37/h15-18,24,32-33H,7-14,19-23H2,1-6H3,(H2,43,48)(H,44,49)(H,46,50). The van der Waals surface area contributed by atoms with Crippen LogP contribution < -0.4 is 21.9 Å². The highest BCUT2D eigenvalue weighted by atomic mass is 16.7. The molecule has 3 aromatic rings. The van der Waals surface area contributed by atoms with Gasteiger partial charge in [-0.05, 0) is 60.9 Å². The third-order valence-corrected chi connectivity index (χ3v) is 10.8. The van der Waals surface area contributed by atoms with Gasteiger partial charge in [-0.15, -0.1) is 0 Å². The lowest BCUT2D eigenvalue weighted by molar-refractivity contribution is -0.175. The Morgan fingerprint density at radius 3 is 2.42 bits per heavy atom. The van der Waals surface area contributed by atoms with Gasteiger partial charge in [-0.3, -0.25) is 19.2 Å². The number of amides is 3. The molecule has 2 aliphatic rings. The van der Waals surface area contributed by atoms with Crippen LogP contribution in [0.25, 0.3) is 22.3 Å². The van der Waals surface area contributed by atoms with Gasteiger partial charge in [0.25, 0.3) is 5.56 Å². The molecule has 2 aliphatic heterocycles. The van der Waals surface area contributed by atoms with Crippen LogP contribution in [-0.2, 0) is 69.7 Å². The first-order valence-electron chi connectivity index (χ1n) is 20.0. The molecule has 308 valence electrons. The Labute approximate surface area is 332 Å². The number of hydrogen-bond donors (Lipinski definition) is 3. The van der Waals surface area contributed by atoms with Gasteiger partial charge in [-0.25, -0.2) is 14.6 Å². The number of fused-ring (bicyclic) bond motifs is 5. The number of cyclic esters (lactones) is 1. The molecule has 2 aromatic heterocycles. The Hall–Kier alpha value is -5.31. The molecule has 0 spiro atoms. The minimum absolute atomic E-state index is 0.0538. The lowest BCUT2D eigenvalue weighted by atomic mass is 9.85. The number of nitrogens with two attached hydrogens (primary N) is 1. The molecule has 0 aliphatic carbocycles. The molecule has 0 saturated heterocycles. The van der Waals surface area contributed by atoms with Crippen molar-refractivity contribution in [1.29, 1.82) is 0 Å². The van der Waals surface area contributed by atoms with Crippen molar-refractivity contribution in [3.8, 4) is 11.4 Å². The summed E-state index contributed by atoms with van der Waals surface area (Å²) in [5.74, 6) is -2.87. The van der Waals surface area contributed by atoms with E-state index in [2.05, 4.69) is 37.5 Å². The minimum atomic E-state index is -1.98. The maximum absolute atomic E-state index is 14.1. The fourth-order valence-corrected chi connectivity index (χ4v) is 7.53. The number of aryl methyl sites for hydroxylation is 2. The van der Waals surface area contributed by atoms with Crippen molar-refractivity contribution in [2.24, 2.45) is 11.7 Å². The average molecular weight is 790 g/mol. The maximum atomic E-state index is 14.1. The Kier molecular flexibility index (Phi) is 14.1. The van der Waals surface area contributed by atoms with Crippen molar-refractivity contribution in [3.63, 3.8) is 0 Å². The summed E-state index contributed by atoms with van der Waals surface area (Å²) < 4.78 is 23.5. The van der Waals surface area contributed by atoms with E-state index < -0.39 is 60.7 Å². The molecule has 5 rings (SSSR count). The molecule has 0 bridgehead atoms. The summed E-state index contributed by atoms with van der Waals surface area (Å²) in [6.07, 6.45) is 4.18. The van der Waals surface area contributed by atoms with Gasteiger partial charge >= 0.3 is 12.1 Å². The predicted octanol–water partition coefficient (Wildman–Crippen LogP) is 4.46. The molecule has 3 atom stereocenters. The van der Waals surface area contributed by atoms with Crippen LogP contribution in [0.5, 0.6) is 0 Å². The zero-order valence-electron chi connectivity index (χ0n) is 33.8. The number of benzene rings is 1. The van der Waals surface area contributed by atoms with Crippen molar-refractivity contribution >= 4 is 40.7 Å². The van der Waals surface area contributed by atoms with E-state index in [-0.39, 0.29) is 42.2 Å². The highest BCUT2D eigenvalue weighted by molar-refractivity contribution is 5.90. The van der Waals surface area contributed by atoms with Crippen LogP contribution in [0.4, 0.5) is 4.79 Å². The van der Waals surface area contributed by atoms with Crippen molar-refractivity contribution in [2.45, 2.75) is 124 Å². The highest BCUT2D eigenvalue weighted by Gasteiger charge is 2.51. The van der Waals surface area contributed by atoms with Gasteiger partial charge in [-0.1, -0.05) is 73.3 Å². The number of unbranched alkanes of at least 4 members (excludes halogenated alkanes) is 3. The molecule has 15 nitrogen and oxygen atoms in total. The number of ether oxygens (including phenoxy) is 4. The molecule has 3 amide bonds. The number of primary amides is 1. The van der Waals surface area contributed by atoms with Crippen LogP contribution in [0.3, 0.4) is 0 Å². The van der Waals surface area contributed by atoms with Gasteiger partial charge in [0.1, 0.15) is 32.5 Å². The van der Waals surface area contributed by atoms with Crippen LogP contribution in [0.1, 0.15) is 108 Å². The number of hydrogen-bond acceptors (Lipinski definition) is 11. The lowest BCUT2D eigenvalue weighted by Crippen LogP contribution is -2.53. The summed E-state index contributed by atoms with van der Waals surface area (Å²) in [7, 11) is 0. The number of nitrogens with zero attached hydrogens (tertiary/aromatic N) is 2. The van der Waals surface area contributed by atoms with Crippen LogP contribution in [0.2, 0.25) is 0 Å². The summed E-state index contributed by atoms with van der Waals surface area (Å²) in [4.78, 5) is 83.3. The molecular weight excluding hydrogens is 734 g/mol. The van der Waals surface area contributed by atoms with E-state index in [1.165, 1.54) is 5.56 Å². The molecule has 0 saturated carbocycles.